The lowest BCUT2D eigenvalue weighted by molar-refractivity contribution is 0.0696. The summed E-state index contributed by atoms with van der Waals surface area (Å²) in [6.07, 6.45) is 0. The van der Waals surface area contributed by atoms with Gasteiger partial charge in [0.05, 0.1) is 5.56 Å². The molecule has 0 aromatic heterocycles. The number of anilines is 1. The van der Waals surface area contributed by atoms with Crippen LogP contribution in [-0.2, 0) is 6.54 Å². The number of hydrogen-bond acceptors (Lipinski definition) is 2. The number of rotatable bonds is 1. The molecule has 5 nitrogen and oxygen atoms in total. The number of nitrogens with zero attached hydrogens (tertiary/aromatic N) is 1. The van der Waals surface area contributed by atoms with E-state index in [1.807, 2.05) is 0 Å². The van der Waals surface area contributed by atoms with Crippen LogP contribution in [0.5, 0.6) is 0 Å². The first-order valence-electron chi connectivity index (χ1n) is 4.46. The average molecular weight is 206 g/mol. The third-order valence-corrected chi connectivity index (χ3v) is 2.35. The van der Waals surface area contributed by atoms with Crippen molar-refractivity contribution in [3.8, 4) is 0 Å². The number of fused-ring (bicyclic) bond motifs is 1. The molecule has 0 bridgehead atoms. The SMILES string of the molecule is CN1Cc2cc(C(=O)O)ccc2NC1=O. The Bertz CT molecular complexity index is 442. The Kier molecular flexibility index (Phi) is 2.07. The molecule has 1 aliphatic heterocycles. The van der Waals surface area contributed by atoms with E-state index in [0.29, 0.717) is 12.2 Å². The molecular formula is C10H10N2O3. The van der Waals surface area contributed by atoms with Gasteiger partial charge in [-0.2, -0.15) is 0 Å². The molecule has 0 atom stereocenters. The first-order chi connectivity index (χ1) is 7.08. The van der Waals surface area contributed by atoms with Crippen molar-refractivity contribution in [2.45, 2.75) is 6.54 Å². The second-order valence-electron chi connectivity index (χ2n) is 3.46. The fourth-order valence-electron chi connectivity index (χ4n) is 1.52. The highest BCUT2D eigenvalue weighted by Crippen LogP contribution is 2.23. The summed E-state index contributed by atoms with van der Waals surface area (Å²) in [5, 5.41) is 11.5. The summed E-state index contributed by atoms with van der Waals surface area (Å²) in [5.74, 6) is -0.961. The second-order valence-corrected chi connectivity index (χ2v) is 3.46. The molecule has 2 N–H and O–H groups in total. The Morgan fingerprint density at radius 3 is 2.93 bits per heavy atom. The van der Waals surface area contributed by atoms with Gasteiger partial charge in [0.2, 0.25) is 0 Å². The van der Waals surface area contributed by atoms with E-state index in [-0.39, 0.29) is 11.6 Å². The summed E-state index contributed by atoms with van der Waals surface area (Å²) in [4.78, 5) is 23.5. The van der Waals surface area contributed by atoms with Crippen LogP contribution in [0, 0.1) is 0 Å². The number of aromatic carboxylic acids is 1. The van der Waals surface area contributed by atoms with E-state index in [1.54, 1.807) is 19.2 Å². The summed E-state index contributed by atoms with van der Waals surface area (Å²) < 4.78 is 0. The average Bonchev–Trinajstić information content (AvgIpc) is 2.19. The number of carbonyl (C=O) groups excluding carboxylic acids is 1. The molecule has 0 spiro atoms. The third-order valence-electron chi connectivity index (χ3n) is 2.35. The molecule has 0 unspecified atom stereocenters. The number of carboxylic acid groups (broad SMARTS) is 1. The number of carboxylic acids is 1. The maximum absolute atomic E-state index is 11.3. The number of hydrogen-bond donors (Lipinski definition) is 2. The van der Waals surface area contributed by atoms with Crippen molar-refractivity contribution >= 4 is 17.7 Å². The summed E-state index contributed by atoms with van der Waals surface area (Å²) in [7, 11) is 1.66. The Balaban J connectivity index is 2.41. The van der Waals surface area contributed by atoms with Gasteiger partial charge in [-0.15, -0.1) is 0 Å². The highest BCUT2D eigenvalue weighted by atomic mass is 16.4. The van der Waals surface area contributed by atoms with Gasteiger partial charge >= 0.3 is 12.0 Å². The first kappa shape index (κ1) is 9.51. The summed E-state index contributed by atoms with van der Waals surface area (Å²) in [5.41, 5.74) is 1.73. The number of nitrogens with one attached hydrogen (secondary N) is 1. The summed E-state index contributed by atoms with van der Waals surface area (Å²) >= 11 is 0. The van der Waals surface area contributed by atoms with Crippen LogP contribution in [0.4, 0.5) is 10.5 Å². The van der Waals surface area contributed by atoms with Crippen molar-refractivity contribution in [1.82, 2.24) is 4.90 Å². The summed E-state index contributed by atoms with van der Waals surface area (Å²) in [6, 6.07) is 4.50. The number of amides is 2. The maximum Gasteiger partial charge on any atom is 0.335 e. The van der Waals surface area contributed by atoms with E-state index in [0.717, 1.165) is 5.56 Å². The van der Waals surface area contributed by atoms with Gasteiger partial charge in [0.1, 0.15) is 0 Å². The Labute approximate surface area is 86.3 Å². The molecule has 0 saturated carbocycles. The molecule has 1 heterocycles. The van der Waals surface area contributed by atoms with Crippen molar-refractivity contribution in [2.75, 3.05) is 12.4 Å². The topological polar surface area (TPSA) is 69.6 Å². The van der Waals surface area contributed by atoms with Crippen molar-refractivity contribution < 1.29 is 14.7 Å². The van der Waals surface area contributed by atoms with Crippen LogP contribution in [0.3, 0.4) is 0 Å². The van der Waals surface area contributed by atoms with Gasteiger partial charge in [-0.25, -0.2) is 9.59 Å². The van der Waals surface area contributed by atoms with Gasteiger partial charge in [0.25, 0.3) is 0 Å². The quantitative estimate of drug-likeness (QED) is 0.728. The van der Waals surface area contributed by atoms with E-state index in [1.165, 1.54) is 11.0 Å². The predicted molar refractivity (Wildman–Crippen MR) is 53.9 cm³/mol. The standard InChI is InChI=1S/C10H10N2O3/c1-12-5-7-4-6(9(13)14)2-3-8(7)11-10(12)15/h2-4H,5H2,1H3,(H,11,15)(H,13,14). The number of benzene rings is 1. The molecular weight excluding hydrogens is 196 g/mol. The van der Waals surface area contributed by atoms with Crippen LogP contribution >= 0.6 is 0 Å². The molecule has 15 heavy (non-hydrogen) atoms. The molecule has 0 fully saturated rings. The molecule has 5 heteroatoms. The normalized spacial score (nSPS) is 14.5. The fourth-order valence-corrected chi connectivity index (χ4v) is 1.52. The van der Waals surface area contributed by atoms with Gasteiger partial charge in [-0.1, -0.05) is 0 Å². The lowest BCUT2D eigenvalue weighted by Gasteiger charge is -2.25. The number of carbonyl (C=O) groups is 2. The molecule has 78 valence electrons. The predicted octanol–water partition coefficient (Wildman–Crippen LogP) is 1.36. The lowest BCUT2D eigenvalue weighted by atomic mass is 10.1. The Hall–Kier alpha value is -2.04. The van der Waals surface area contributed by atoms with Crippen LogP contribution in [0.15, 0.2) is 18.2 Å². The van der Waals surface area contributed by atoms with Crippen molar-refractivity contribution in [3.05, 3.63) is 29.3 Å². The van der Waals surface area contributed by atoms with Crippen LogP contribution < -0.4 is 5.32 Å². The van der Waals surface area contributed by atoms with Crippen molar-refractivity contribution in [1.29, 1.82) is 0 Å². The molecule has 0 saturated heterocycles. The zero-order valence-electron chi connectivity index (χ0n) is 8.15. The zero-order valence-corrected chi connectivity index (χ0v) is 8.15. The molecule has 2 amide bonds. The first-order valence-corrected chi connectivity index (χ1v) is 4.46. The Morgan fingerprint density at radius 2 is 2.27 bits per heavy atom. The minimum atomic E-state index is -0.961. The van der Waals surface area contributed by atoms with Gasteiger partial charge in [-0.3, -0.25) is 0 Å². The molecule has 1 aromatic carbocycles. The van der Waals surface area contributed by atoms with E-state index in [2.05, 4.69) is 5.32 Å². The Morgan fingerprint density at radius 1 is 1.53 bits per heavy atom. The highest BCUT2D eigenvalue weighted by Gasteiger charge is 2.19. The minimum absolute atomic E-state index is 0.175. The molecule has 1 aromatic rings. The fraction of sp³-hybridized carbons (Fsp3) is 0.200. The van der Waals surface area contributed by atoms with Gasteiger partial charge in [-0.05, 0) is 23.8 Å². The van der Waals surface area contributed by atoms with Crippen LogP contribution in [-0.4, -0.2) is 29.1 Å². The molecule has 0 aliphatic carbocycles. The van der Waals surface area contributed by atoms with E-state index in [4.69, 9.17) is 5.11 Å². The van der Waals surface area contributed by atoms with Crippen molar-refractivity contribution in [3.63, 3.8) is 0 Å². The molecule has 1 aliphatic rings. The van der Waals surface area contributed by atoms with Crippen LogP contribution in [0.1, 0.15) is 15.9 Å². The van der Waals surface area contributed by atoms with Crippen molar-refractivity contribution in [2.24, 2.45) is 0 Å². The number of urea groups is 1. The molecule has 0 radical (unpaired) electrons. The maximum atomic E-state index is 11.3. The highest BCUT2D eigenvalue weighted by molar-refractivity contribution is 5.94. The lowest BCUT2D eigenvalue weighted by Crippen LogP contribution is -2.35. The van der Waals surface area contributed by atoms with Gasteiger partial charge < -0.3 is 15.3 Å². The van der Waals surface area contributed by atoms with E-state index in [9.17, 15) is 9.59 Å². The van der Waals surface area contributed by atoms with Crippen LogP contribution in [0.25, 0.3) is 0 Å². The second kappa shape index (κ2) is 3.27. The van der Waals surface area contributed by atoms with E-state index < -0.39 is 5.97 Å². The molecule has 2 rings (SSSR count). The largest absolute Gasteiger partial charge is 0.478 e. The van der Waals surface area contributed by atoms with Gasteiger partial charge in [0, 0.05) is 19.3 Å². The third kappa shape index (κ3) is 1.63. The van der Waals surface area contributed by atoms with E-state index >= 15 is 0 Å². The monoisotopic (exact) mass is 206 g/mol. The zero-order chi connectivity index (χ0) is 11.0. The summed E-state index contributed by atoms with van der Waals surface area (Å²) in [6.45, 7) is 0.433. The smallest absolute Gasteiger partial charge is 0.335 e. The van der Waals surface area contributed by atoms with Gasteiger partial charge in [0.15, 0.2) is 0 Å². The van der Waals surface area contributed by atoms with Crippen LogP contribution in [0.2, 0.25) is 0 Å². The minimum Gasteiger partial charge on any atom is -0.478 e.